The molecule has 1 aromatic heterocycles. The van der Waals surface area contributed by atoms with Gasteiger partial charge in [-0.2, -0.15) is 0 Å². The van der Waals surface area contributed by atoms with Crippen molar-refractivity contribution < 1.29 is 9.21 Å². The van der Waals surface area contributed by atoms with E-state index in [0.29, 0.717) is 24.4 Å². The zero-order valence-corrected chi connectivity index (χ0v) is 11.8. The lowest BCUT2D eigenvalue weighted by Gasteiger charge is -2.37. The van der Waals surface area contributed by atoms with Gasteiger partial charge in [0.1, 0.15) is 0 Å². The summed E-state index contributed by atoms with van der Waals surface area (Å²) in [7, 11) is 0. The van der Waals surface area contributed by atoms with Gasteiger partial charge in [0.15, 0.2) is 0 Å². The first-order valence-corrected chi connectivity index (χ1v) is 7.34. The molecule has 20 heavy (non-hydrogen) atoms. The third-order valence-electron chi connectivity index (χ3n) is 3.75. The normalized spacial score (nSPS) is 19.1. The maximum Gasteiger partial charge on any atom is 0.322 e. The Morgan fingerprint density at radius 2 is 2.25 bits per heavy atom. The number of rotatable bonds is 7. The molecule has 2 N–H and O–H groups in total. The Balaban J connectivity index is 1.51. The van der Waals surface area contributed by atoms with Crippen molar-refractivity contribution in [3.05, 3.63) is 5.89 Å². The van der Waals surface area contributed by atoms with Crippen molar-refractivity contribution in [1.29, 1.82) is 0 Å². The van der Waals surface area contributed by atoms with Crippen LogP contribution in [0.4, 0.5) is 6.01 Å². The molecule has 0 aromatic carbocycles. The molecule has 7 nitrogen and oxygen atoms in total. The van der Waals surface area contributed by atoms with E-state index in [-0.39, 0.29) is 11.9 Å². The van der Waals surface area contributed by atoms with Gasteiger partial charge in [-0.3, -0.25) is 15.0 Å². The van der Waals surface area contributed by atoms with E-state index in [9.17, 15) is 4.79 Å². The van der Waals surface area contributed by atoms with E-state index < -0.39 is 0 Å². The molecule has 2 fully saturated rings. The molecule has 1 aliphatic heterocycles. The Kier molecular flexibility index (Phi) is 3.98. The first-order chi connectivity index (χ1) is 9.76. The summed E-state index contributed by atoms with van der Waals surface area (Å²) in [5.41, 5.74) is 0. The molecule has 110 valence electrons. The molecule has 1 saturated carbocycles. The Morgan fingerprint density at radius 1 is 1.45 bits per heavy atom. The van der Waals surface area contributed by atoms with Gasteiger partial charge in [0.2, 0.25) is 11.8 Å². The van der Waals surface area contributed by atoms with Crippen LogP contribution in [0.15, 0.2) is 4.42 Å². The minimum Gasteiger partial charge on any atom is -0.408 e. The zero-order chi connectivity index (χ0) is 13.9. The number of carbonyl (C=O) groups is 1. The fraction of sp³-hybridized carbons (Fsp3) is 0.769. The molecule has 0 bridgehead atoms. The molecule has 0 atom stereocenters. The second-order valence-electron chi connectivity index (χ2n) is 5.55. The topological polar surface area (TPSA) is 83.3 Å². The largest absolute Gasteiger partial charge is 0.408 e. The Morgan fingerprint density at radius 3 is 2.85 bits per heavy atom. The van der Waals surface area contributed by atoms with E-state index in [2.05, 4.69) is 32.7 Å². The van der Waals surface area contributed by atoms with Crippen LogP contribution in [0.1, 0.15) is 38.0 Å². The van der Waals surface area contributed by atoms with Crippen molar-refractivity contribution in [1.82, 2.24) is 20.4 Å². The number of nitrogens with one attached hydrogen (secondary N) is 2. The first kappa shape index (κ1) is 13.5. The summed E-state index contributed by atoms with van der Waals surface area (Å²) in [6.45, 7) is 5.34. The van der Waals surface area contributed by atoms with Crippen LogP contribution in [0.3, 0.4) is 0 Å². The summed E-state index contributed by atoms with van der Waals surface area (Å²) >= 11 is 0. The lowest BCUT2D eigenvalue weighted by Crippen LogP contribution is -2.58. The van der Waals surface area contributed by atoms with Crippen molar-refractivity contribution in [3.63, 3.8) is 0 Å². The smallest absolute Gasteiger partial charge is 0.322 e. The lowest BCUT2D eigenvalue weighted by atomic mass is 10.1. The van der Waals surface area contributed by atoms with E-state index in [1.165, 1.54) is 0 Å². The second-order valence-corrected chi connectivity index (χ2v) is 5.55. The van der Waals surface area contributed by atoms with Crippen molar-refractivity contribution in [2.45, 2.75) is 38.1 Å². The summed E-state index contributed by atoms with van der Waals surface area (Å²) in [5.74, 6) is 0.969. The number of nitrogens with zero attached hydrogens (tertiary/aromatic N) is 3. The van der Waals surface area contributed by atoms with Gasteiger partial charge < -0.3 is 9.73 Å². The third kappa shape index (κ3) is 3.16. The lowest BCUT2D eigenvalue weighted by molar-refractivity contribution is -0.118. The van der Waals surface area contributed by atoms with Crippen molar-refractivity contribution in [3.8, 4) is 0 Å². The van der Waals surface area contributed by atoms with Gasteiger partial charge in [0, 0.05) is 25.0 Å². The van der Waals surface area contributed by atoms with Gasteiger partial charge in [-0.1, -0.05) is 12.0 Å². The fourth-order valence-electron chi connectivity index (χ4n) is 2.33. The van der Waals surface area contributed by atoms with Gasteiger partial charge in [0.25, 0.3) is 0 Å². The molecule has 1 aromatic rings. The summed E-state index contributed by atoms with van der Waals surface area (Å²) in [5, 5.41) is 13.8. The summed E-state index contributed by atoms with van der Waals surface area (Å²) in [6.07, 6.45) is 3.25. The number of aromatic nitrogens is 2. The highest BCUT2D eigenvalue weighted by molar-refractivity contribution is 5.90. The molecule has 1 amide bonds. The Labute approximate surface area is 118 Å². The standard InChI is InChI=1S/C13H21N5O2/c1-2-5-18(10-6-14-7-10)8-11(19)15-13-17-16-12(20-13)9-3-4-9/h9-10,14H,2-8H2,1H3,(H,15,17,19). The molecule has 7 heteroatoms. The molecular weight excluding hydrogens is 258 g/mol. The third-order valence-corrected chi connectivity index (χ3v) is 3.75. The predicted octanol–water partition coefficient (Wildman–Crippen LogP) is 0.569. The quantitative estimate of drug-likeness (QED) is 0.759. The van der Waals surface area contributed by atoms with Gasteiger partial charge in [0.05, 0.1) is 6.54 Å². The van der Waals surface area contributed by atoms with Gasteiger partial charge in [-0.25, -0.2) is 0 Å². The molecule has 0 spiro atoms. The number of carbonyl (C=O) groups excluding carboxylic acids is 1. The van der Waals surface area contributed by atoms with E-state index in [1.54, 1.807) is 0 Å². The summed E-state index contributed by atoms with van der Waals surface area (Å²) < 4.78 is 5.44. The highest BCUT2D eigenvalue weighted by Gasteiger charge is 2.30. The maximum absolute atomic E-state index is 12.0. The molecule has 0 unspecified atom stereocenters. The molecule has 0 radical (unpaired) electrons. The molecule has 3 rings (SSSR count). The van der Waals surface area contributed by atoms with Crippen LogP contribution in [0.5, 0.6) is 0 Å². The van der Waals surface area contributed by atoms with Crippen LogP contribution >= 0.6 is 0 Å². The number of anilines is 1. The number of hydrogen-bond donors (Lipinski definition) is 2. The van der Waals surface area contributed by atoms with Crippen LogP contribution < -0.4 is 10.6 Å². The van der Waals surface area contributed by atoms with Crippen LogP contribution in [-0.2, 0) is 4.79 Å². The fourth-order valence-corrected chi connectivity index (χ4v) is 2.33. The van der Waals surface area contributed by atoms with Crippen molar-refractivity contribution in [2.24, 2.45) is 0 Å². The molecule has 1 aliphatic carbocycles. The second kappa shape index (κ2) is 5.88. The van der Waals surface area contributed by atoms with Crippen LogP contribution in [-0.4, -0.2) is 53.2 Å². The molecular formula is C13H21N5O2. The summed E-state index contributed by atoms with van der Waals surface area (Å²) in [6, 6.07) is 0.686. The van der Waals surface area contributed by atoms with Crippen molar-refractivity contribution in [2.75, 3.05) is 31.5 Å². The van der Waals surface area contributed by atoms with Crippen LogP contribution in [0.2, 0.25) is 0 Å². The number of hydrogen-bond acceptors (Lipinski definition) is 6. The summed E-state index contributed by atoms with van der Waals surface area (Å²) in [4.78, 5) is 14.2. The van der Waals surface area contributed by atoms with E-state index >= 15 is 0 Å². The van der Waals surface area contributed by atoms with E-state index in [0.717, 1.165) is 38.9 Å². The van der Waals surface area contributed by atoms with Crippen LogP contribution in [0, 0.1) is 0 Å². The van der Waals surface area contributed by atoms with Gasteiger partial charge >= 0.3 is 6.01 Å². The van der Waals surface area contributed by atoms with Crippen LogP contribution in [0.25, 0.3) is 0 Å². The van der Waals surface area contributed by atoms with Crippen molar-refractivity contribution >= 4 is 11.9 Å². The monoisotopic (exact) mass is 279 g/mol. The highest BCUT2D eigenvalue weighted by Crippen LogP contribution is 2.39. The molecule has 2 aliphatic rings. The minimum absolute atomic E-state index is 0.0867. The highest BCUT2D eigenvalue weighted by atomic mass is 16.4. The Bertz CT molecular complexity index is 467. The van der Waals surface area contributed by atoms with E-state index in [1.807, 2.05) is 0 Å². The SMILES string of the molecule is CCCN(CC(=O)Nc1nnc(C2CC2)o1)C1CNC1. The Hall–Kier alpha value is -1.47. The minimum atomic E-state index is -0.0867. The first-order valence-electron chi connectivity index (χ1n) is 7.34. The molecule has 2 heterocycles. The molecule has 1 saturated heterocycles. The maximum atomic E-state index is 12.0. The van der Waals surface area contributed by atoms with E-state index in [4.69, 9.17) is 4.42 Å². The zero-order valence-electron chi connectivity index (χ0n) is 11.8. The predicted molar refractivity (Wildman–Crippen MR) is 73.4 cm³/mol. The van der Waals surface area contributed by atoms with Gasteiger partial charge in [-0.15, -0.1) is 5.10 Å². The average molecular weight is 279 g/mol. The number of amides is 1. The van der Waals surface area contributed by atoms with Gasteiger partial charge in [-0.05, 0) is 25.8 Å². The average Bonchev–Trinajstić information content (AvgIpc) is 3.09.